The number of esters is 1. The molecule has 0 saturated carbocycles. The van der Waals surface area contributed by atoms with Crippen LogP contribution in [0.5, 0.6) is 0 Å². The van der Waals surface area contributed by atoms with Crippen LogP contribution in [0.15, 0.2) is 30.3 Å². The molecule has 1 aromatic carbocycles. The zero-order valence-corrected chi connectivity index (χ0v) is 14.8. The van der Waals surface area contributed by atoms with Gasteiger partial charge in [-0.3, -0.25) is 9.59 Å². The second-order valence-electron chi connectivity index (χ2n) is 5.47. The average molecular weight is 338 g/mol. The summed E-state index contributed by atoms with van der Waals surface area (Å²) in [6.07, 6.45) is 0. The molecule has 0 fully saturated rings. The maximum absolute atomic E-state index is 12.4. The summed E-state index contributed by atoms with van der Waals surface area (Å²) in [5.41, 5.74) is 6.83. The minimum Gasteiger partial charge on any atom is -0.465 e. The van der Waals surface area contributed by atoms with Crippen molar-refractivity contribution < 1.29 is 14.3 Å². The maximum Gasteiger partial charge on any atom is 0.323 e. The Morgan fingerprint density at radius 1 is 1.26 bits per heavy atom. The number of hydrogen-bond donors (Lipinski definition) is 1. The molecule has 0 aromatic heterocycles. The third kappa shape index (κ3) is 7.05. The molecule has 1 amide bonds. The van der Waals surface area contributed by atoms with E-state index < -0.39 is 12.0 Å². The average Bonchev–Trinajstić information content (AvgIpc) is 2.53. The van der Waals surface area contributed by atoms with E-state index in [4.69, 9.17) is 10.5 Å². The van der Waals surface area contributed by atoms with E-state index in [1.54, 1.807) is 6.92 Å². The Kier molecular flexibility index (Phi) is 8.73. The van der Waals surface area contributed by atoms with Crippen molar-refractivity contribution >= 4 is 23.6 Å². The van der Waals surface area contributed by atoms with Gasteiger partial charge in [-0.15, -0.1) is 11.8 Å². The molecule has 0 heterocycles. The van der Waals surface area contributed by atoms with E-state index in [9.17, 15) is 9.59 Å². The van der Waals surface area contributed by atoms with Gasteiger partial charge in [0.2, 0.25) is 5.91 Å². The monoisotopic (exact) mass is 338 g/mol. The van der Waals surface area contributed by atoms with Crippen LogP contribution in [-0.2, 0) is 20.9 Å². The second-order valence-corrected chi connectivity index (χ2v) is 6.50. The molecule has 1 rings (SSSR count). The first-order chi connectivity index (χ1) is 11.0. The number of nitrogens with two attached hydrogens (primary N) is 1. The van der Waals surface area contributed by atoms with Gasteiger partial charge in [-0.05, 0) is 26.3 Å². The number of thioether (sulfide) groups is 1. The van der Waals surface area contributed by atoms with Gasteiger partial charge in [0, 0.05) is 18.3 Å². The van der Waals surface area contributed by atoms with Crippen molar-refractivity contribution in [3.05, 3.63) is 35.9 Å². The summed E-state index contributed by atoms with van der Waals surface area (Å²) >= 11 is 1.36. The topological polar surface area (TPSA) is 72.6 Å². The van der Waals surface area contributed by atoms with E-state index in [1.807, 2.05) is 49.1 Å². The van der Waals surface area contributed by atoms with E-state index >= 15 is 0 Å². The quantitative estimate of drug-likeness (QED) is 0.698. The Hall–Kier alpha value is -1.53. The minimum absolute atomic E-state index is 0.0462. The zero-order valence-electron chi connectivity index (χ0n) is 14.0. The fourth-order valence-corrected chi connectivity index (χ4v) is 2.86. The van der Waals surface area contributed by atoms with Gasteiger partial charge in [-0.1, -0.05) is 30.3 Å². The molecule has 0 aliphatic carbocycles. The van der Waals surface area contributed by atoms with Crippen LogP contribution in [0, 0.1) is 0 Å². The Morgan fingerprint density at radius 3 is 2.48 bits per heavy atom. The lowest BCUT2D eigenvalue weighted by molar-refractivity contribution is -0.144. The molecule has 0 aliphatic heterocycles. The number of nitrogens with zero attached hydrogens (tertiary/aromatic N) is 1. The lowest BCUT2D eigenvalue weighted by Gasteiger charge is -2.27. The van der Waals surface area contributed by atoms with Crippen LogP contribution in [0.4, 0.5) is 0 Å². The molecule has 0 bridgehead atoms. The standard InChI is InChI=1S/C17H26N2O3S/c1-4-22-17(21)15(18)11-23-12-16(20)19(13(2)3)10-14-8-6-5-7-9-14/h5-9,13,15H,4,10-12,18H2,1-3H3/t15-/m0/s1. The van der Waals surface area contributed by atoms with Gasteiger partial charge in [0.25, 0.3) is 0 Å². The summed E-state index contributed by atoms with van der Waals surface area (Å²) in [5.74, 6) is 0.308. The van der Waals surface area contributed by atoms with Crippen molar-refractivity contribution in [2.24, 2.45) is 5.73 Å². The molecular weight excluding hydrogens is 312 g/mol. The molecule has 6 heteroatoms. The van der Waals surface area contributed by atoms with Crippen LogP contribution in [-0.4, -0.2) is 47.0 Å². The Labute approximate surface area is 142 Å². The summed E-state index contributed by atoms with van der Waals surface area (Å²) < 4.78 is 4.85. The van der Waals surface area contributed by atoms with Crippen molar-refractivity contribution in [3.8, 4) is 0 Å². The van der Waals surface area contributed by atoms with Crippen molar-refractivity contribution in [3.63, 3.8) is 0 Å². The van der Waals surface area contributed by atoms with Crippen LogP contribution in [0.2, 0.25) is 0 Å². The molecule has 128 valence electrons. The molecule has 23 heavy (non-hydrogen) atoms. The third-order valence-corrected chi connectivity index (χ3v) is 4.30. The molecule has 0 unspecified atom stereocenters. The summed E-state index contributed by atoms with van der Waals surface area (Å²) in [4.78, 5) is 25.7. The van der Waals surface area contributed by atoms with Crippen LogP contribution in [0.3, 0.4) is 0 Å². The lowest BCUT2D eigenvalue weighted by atomic mass is 10.2. The summed E-state index contributed by atoms with van der Waals surface area (Å²) in [6, 6.07) is 9.32. The van der Waals surface area contributed by atoms with E-state index in [0.717, 1.165) is 5.56 Å². The highest BCUT2D eigenvalue weighted by molar-refractivity contribution is 8.00. The van der Waals surface area contributed by atoms with E-state index in [1.165, 1.54) is 11.8 Å². The van der Waals surface area contributed by atoms with Crippen LogP contribution >= 0.6 is 11.8 Å². The third-order valence-electron chi connectivity index (χ3n) is 3.25. The SMILES string of the molecule is CCOC(=O)[C@@H](N)CSCC(=O)N(Cc1ccccc1)C(C)C. The van der Waals surface area contributed by atoms with Gasteiger partial charge in [0.1, 0.15) is 6.04 Å². The largest absolute Gasteiger partial charge is 0.465 e. The Balaban J connectivity index is 2.47. The van der Waals surface area contributed by atoms with Gasteiger partial charge in [-0.25, -0.2) is 0 Å². The summed E-state index contributed by atoms with van der Waals surface area (Å²) in [5, 5.41) is 0. The minimum atomic E-state index is -0.686. The number of carbonyl (C=O) groups excluding carboxylic acids is 2. The lowest BCUT2D eigenvalue weighted by Crippen LogP contribution is -2.39. The molecule has 1 aromatic rings. The van der Waals surface area contributed by atoms with E-state index in [-0.39, 0.29) is 11.9 Å². The number of amides is 1. The highest BCUT2D eigenvalue weighted by atomic mass is 32.2. The normalized spacial score (nSPS) is 12.0. The Bertz CT molecular complexity index is 494. The van der Waals surface area contributed by atoms with Gasteiger partial charge < -0.3 is 15.4 Å². The second kappa shape index (κ2) is 10.3. The molecule has 0 radical (unpaired) electrons. The van der Waals surface area contributed by atoms with Crippen molar-refractivity contribution in [1.29, 1.82) is 0 Å². The van der Waals surface area contributed by atoms with Crippen molar-refractivity contribution in [1.82, 2.24) is 4.90 Å². The van der Waals surface area contributed by atoms with E-state index in [2.05, 4.69) is 0 Å². The highest BCUT2D eigenvalue weighted by Crippen LogP contribution is 2.12. The van der Waals surface area contributed by atoms with Crippen molar-refractivity contribution in [2.45, 2.75) is 39.4 Å². The van der Waals surface area contributed by atoms with Gasteiger partial charge >= 0.3 is 5.97 Å². The number of carbonyl (C=O) groups is 2. The molecule has 0 aliphatic rings. The first-order valence-corrected chi connectivity index (χ1v) is 8.94. The molecule has 0 spiro atoms. The van der Waals surface area contributed by atoms with Gasteiger partial charge in [0.15, 0.2) is 0 Å². The van der Waals surface area contributed by atoms with Gasteiger partial charge in [0.05, 0.1) is 12.4 Å². The highest BCUT2D eigenvalue weighted by Gasteiger charge is 2.19. The number of ether oxygens (including phenoxy) is 1. The predicted octanol–water partition coefficient (Wildman–Crippen LogP) is 2.05. The van der Waals surface area contributed by atoms with Gasteiger partial charge in [-0.2, -0.15) is 0 Å². The first-order valence-electron chi connectivity index (χ1n) is 7.79. The number of rotatable bonds is 9. The smallest absolute Gasteiger partial charge is 0.323 e. The molecule has 2 N–H and O–H groups in total. The fraction of sp³-hybridized carbons (Fsp3) is 0.529. The number of hydrogen-bond acceptors (Lipinski definition) is 5. The molecular formula is C17H26N2O3S. The maximum atomic E-state index is 12.4. The molecule has 5 nitrogen and oxygen atoms in total. The molecule has 0 saturated heterocycles. The fourth-order valence-electron chi connectivity index (χ4n) is 2.01. The number of benzene rings is 1. The van der Waals surface area contributed by atoms with Crippen LogP contribution in [0.1, 0.15) is 26.3 Å². The van der Waals surface area contributed by atoms with Crippen LogP contribution < -0.4 is 5.73 Å². The predicted molar refractivity (Wildman–Crippen MR) is 94.1 cm³/mol. The first kappa shape index (κ1) is 19.5. The van der Waals surface area contributed by atoms with Crippen molar-refractivity contribution in [2.75, 3.05) is 18.1 Å². The molecule has 1 atom stereocenters. The zero-order chi connectivity index (χ0) is 17.2. The summed E-state index contributed by atoms with van der Waals surface area (Å²) in [7, 11) is 0. The van der Waals surface area contributed by atoms with E-state index in [0.29, 0.717) is 24.7 Å². The van der Waals surface area contributed by atoms with Crippen LogP contribution in [0.25, 0.3) is 0 Å². The summed E-state index contributed by atoms with van der Waals surface area (Å²) in [6.45, 7) is 6.63. The Morgan fingerprint density at radius 2 is 1.91 bits per heavy atom.